The number of halogens is 1. The summed E-state index contributed by atoms with van der Waals surface area (Å²) in [6.45, 7) is 6.99. The van der Waals surface area contributed by atoms with Gasteiger partial charge in [0.15, 0.2) is 0 Å². The number of hydrogen-bond acceptors (Lipinski definition) is 4. The van der Waals surface area contributed by atoms with Crippen molar-refractivity contribution in [3.8, 4) is 0 Å². The molecule has 17 heavy (non-hydrogen) atoms. The van der Waals surface area contributed by atoms with Crippen LogP contribution in [-0.2, 0) is 14.8 Å². The monoisotopic (exact) mass is 287 g/mol. The molecule has 0 fully saturated rings. The summed E-state index contributed by atoms with van der Waals surface area (Å²) in [6.07, 6.45) is 1.03. The van der Waals surface area contributed by atoms with Crippen molar-refractivity contribution >= 4 is 28.3 Å². The highest BCUT2D eigenvalue weighted by Crippen LogP contribution is 2.03. The predicted octanol–water partition coefficient (Wildman–Crippen LogP) is -0.538. The van der Waals surface area contributed by atoms with Gasteiger partial charge in [0.2, 0.25) is 15.9 Å². The highest BCUT2D eigenvalue weighted by molar-refractivity contribution is 7.88. The first-order chi connectivity index (χ1) is 7.19. The molecule has 0 aromatic carbocycles. The van der Waals surface area contributed by atoms with Crippen molar-refractivity contribution in [2.24, 2.45) is 0 Å². The molecule has 8 heteroatoms. The molecule has 0 unspecified atom stereocenters. The summed E-state index contributed by atoms with van der Waals surface area (Å²) in [5.74, 6) is -0.337. The molecule has 6 nitrogen and oxygen atoms in total. The van der Waals surface area contributed by atoms with Gasteiger partial charge < -0.3 is 10.6 Å². The molecule has 1 amide bonds. The number of amides is 1. The fourth-order valence-corrected chi connectivity index (χ4v) is 2.19. The molecule has 0 saturated heterocycles. The maximum absolute atomic E-state index is 11.6. The van der Waals surface area contributed by atoms with Crippen LogP contribution in [0.2, 0.25) is 0 Å². The third-order valence-corrected chi connectivity index (χ3v) is 2.73. The van der Waals surface area contributed by atoms with Crippen LogP contribution in [0.25, 0.3) is 0 Å². The van der Waals surface area contributed by atoms with Gasteiger partial charge in [-0.15, -0.1) is 12.4 Å². The Labute approximate surface area is 109 Å². The van der Waals surface area contributed by atoms with E-state index in [0.29, 0.717) is 13.1 Å². The van der Waals surface area contributed by atoms with E-state index in [1.165, 1.54) is 13.8 Å². The molecule has 0 aromatic rings. The molecule has 0 bridgehead atoms. The Morgan fingerprint density at radius 3 is 2.18 bits per heavy atom. The molecule has 104 valence electrons. The van der Waals surface area contributed by atoms with Gasteiger partial charge in [-0.25, -0.2) is 13.1 Å². The molecule has 0 aliphatic rings. The van der Waals surface area contributed by atoms with Gasteiger partial charge >= 0.3 is 0 Å². The van der Waals surface area contributed by atoms with E-state index in [0.717, 1.165) is 12.8 Å². The first-order valence-electron chi connectivity index (χ1n) is 5.17. The largest absolute Gasteiger partial charge is 0.353 e. The smallest absolute Gasteiger partial charge is 0.240 e. The number of sulfonamides is 1. The predicted molar refractivity (Wildman–Crippen MR) is 70.9 cm³/mol. The Morgan fingerprint density at radius 2 is 1.76 bits per heavy atom. The molecule has 0 atom stereocenters. The van der Waals surface area contributed by atoms with Crippen LogP contribution in [0.3, 0.4) is 0 Å². The van der Waals surface area contributed by atoms with Gasteiger partial charge in [0, 0.05) is 13.1 Å². The summed E-state index contributed by atoms with van der Waals surface area (Å²) in [5, 5.41) is 5.70. The zero-order chi connectivity index (χ0) is 12.8. The lowest BCUT2D eigenvalue weighted by atomic mass is 10.1. The molecule has 0 heterocycles. The third kappa shape index (κ3) is 9.34. The Hall–Kier alpha value is -0.370. The van der Waals surface area contributed by atoms with Crippen molar-refractivity contribution in [3.05, 3.63) is 0 Å². The third-order valence-electron chi connectivity index (χ3n) is 1.85. The topological polar surface area (TPSA) is 87.3 Å². The van der Waals surface area contributed by atoms with Crippen molar-refractivity contribution < 1.29 is 13.2 Å². The number of likely N-dealkylation sites (N-methyl/N-ethyl adjacent to an activating group) is 1. The van der Waals surface area contributed by atoms with Crippen molar-refractivity contribution in [2.45, 2.75) is 26.3 Å². The van der Waals surface area contributed by atoms with E-state index in [2.05, 4.69) is 15.4 Å². The van der Waals surface area contributed by atoms with Gasteiger partial charge in [0.25, 0.3) is 0 Å². The average Bonchev–Trinajstić information content (AvgIpc) is 2.08. The van der Waals surface area contributed by atoms with Crippen molar-refractivity contribution in [3.63, 3.8) is 0 Å². The lowest BCUT2D eigenvalue weighted by Crippen LogP contribution is -2.55. The van der Waals surface area contributed by atoms with Crippen LogP contribution in [-0.4, -0.2) is 45.8 Å². The Bertz CT molecular complexity index is 330. The summed E-state index contributed by atoms with van der Waals surface area (Å²) in [5.41, 5.74) is -1.13. The number of carbonyl (C=O) groups excluding carboxylic acids is 1. The lowest BCUT2D eigenvalue weighted by Gasteiger charge is -2.23. The van der Waals surface area contributed by atoms with Crippen molar-refractivity contribution in [2.75, 3.05) is 25.9 Å². The highest BCUT2D eigenvalue weighted by atomic mass is 35.5. The summed E-state index contributed by atoms with van der Waals surface area (Å²) < 4.78 is 24.3. The Balaban J connectivity index is 0. The SMILES string of the molecule is CCNCCNC(=O)C(C)(C)NS(C)(=O)=O.Cl. The van der Waals surface area contributed by atoms with Crippen LogP contribution in [0, 0.1) is 0 Å². The second kappa shape index (κ2) is 7.86. The zero-order valence-corrected chi connectivity index (χ0v) is 12.3. The van der Waals surface area contributed by atoms with Gasteiger partial charge in [-0.2, -0.15) is 0 Å². The molecule has 0 saturated carbocycles. The van der Waals surface area contributed by atoms with Gasteiger partial charge in [-0.3, -0.25) is 4.79 Å². The quantitative estimate of drug-likeness (QED) is 0.549. The minimum Gasteiger partial charge on any atom is -0.353 e. The van der Waals surface area contributed by atoms with Crippen LogP contribution in [0.5, 0.6) is 0 Å². The minimum atomic E-state index is -3.39. The molecule has 0 spiro atoms. The van der Waals surface area contributed by atoms with E-state index < -0.39 is 15.6 Å². The van der Waals surface area contributed by atoms with E-state index in [4.69, 9.17) is 0 Å². The van der Waals surface area contributed by atoms with Crippen LogP contribution in [0.4, 0.5) is 0 Å². The number of nitrogens with one attached hydrogen (secondary N) is 3. The van der Waals surface area contributed by atoms with Crippen LogP contribution < -0.4 is 15.4 Å². The van der Waals surface area contributed by atoms with Crippen LogP contribution in [0.1, 0.15) is 20.8 Å². The molecule has 3 N–H and O–H groups in total. The fourth-order valence-electron chi connectivity index (χ4n) is 1.17. The van der Waals surface area contributed by atoms with Crippen LogP contribution in [0.15, 0.2) is 0 Å². The summed E-state index contributed by atoms with van der Waals surface area (Å²) in [6, 6.07) is 0. The zero-order valence-electron chi connectivity index (χ0n) is 10.7. The van der Waals surface area contributed by atoms with Gasteiger partial charge in [0.1, 0.15) is 5.54 Å². The molecule has 0 aromatic heterocycles. The highest BCUT2D eigenvalue weighted by Gasteiger charge is 2.30. The molecule has 0 aliphatic heterocycles. The number of hydrogen-bond donors (Lipinski definition) is 3. The minimum absolute atomic E-state index is 0. The first-order valence-corrected chi connectivity index (χ1v) is 7.06. The summed E-state index contributed by atoms with van der Waals surface area (Å²) >= 11 is 0. The molecule has 0 rings (SSSR count). The van der Waals surface area contributed by atoms with Gasteiger partial charge in [-0.1, -0.05) is 6.92 Å². The van der Waals surface area contributed by atoms with E-state index in [-0.39, 0.29) is 18.3 Å². The normalized spacial score (nSPS) is 11.8. The Morgan fingerprint density at radius 1 is 1.24 bits per heavy atom. The standard InChI is InChI=1S/C9H21N3O3S.ClH/c1-5-10-6-7-11-8(13)9(2,3)12-16(4,14)15;/h10,12H,5-7H2,1-4H3,(H,11,13);1H. The lowest BCUT2D eigenvalue weighted by molar-refractivity contribution is -0.125. The van der Waals surface area contributed by atoms with Gasteiger partial charge in [-0.05, 0) is 20.4 Å². The molecule has 0 radical (unpaired) electrons. The second-order valence-corrected chi connectivity index (χ2v) is 5.86. The van der Waals surface area contributed by atoms with Gasteiger partial charge in [0.05, 0.1) is 6.26 Å². The molecule has 0 aliphatic carbocycles. The van der Waals surface area contributed by atoms with E-state index in [9.17, 15) is 13.2 Å². The van der Waals surface area contributed by atoms with Crippen molar-refractivity contribution in [1.82, 2.24) is 15.4 Å². The van der Waals surface area contributed by atoms with Crippen molar-refractivity contribution in [1.29, 1.82) is 0 Å². The van der Waals surface area contributed by atoms with E-state index in [1.54, 1.807) is 0 Å². The van der Waals surface area contributed by atoms with E-state index >= 15 is 0 Å². The molecular weight excluding hydrogens is 266 g/mol. The summed E-state index contributed by atoms with van der Waals surface area (Å²) in [7, 11) is -3.39. The Kier molecular flexibility index (Phi) is 8.78. The average molecular weight is 288 g/mol. The number of carbonyl (C=O) groups is 1. The maximum Gasteiger partial charge on any atom is 0.240 e. The van der Waals surface area contributed by atoms with Crippen LogP contribution >= 0.6 is 12.4 Å². The second-order valence-electron chi connectivity index (χ2n) is 4.11. The molecular formula is C9H22ClN3O3S. The number of rotatable bonds is 7. The summed E-state index contributed by atoms with van der Waals surface area (Å²) in [4.78, 5) is 11.6. The van der Waals surface area contributed by atoms with E-state index in [1.807, 2.05) is 6.92 Å². The maximum atomic E-state index is 11.6. The first kappa shape index (κ1) is 19.0. The fraction of sp³-hybridized carbons (Fsp3) is 0.889.